The molecule has 0 saturated heterocycles. The van der Waals surface area contributed by atoms with Gasteiger partial charge in [-0.25, -0.2) is 0 Å². The quantitative estimate of drug-likeness (QED) is 0.239. The molecule has 0 aromatic heterocycles. The third-order valence-corrected chi connectivity index (χ3v) is 7.21. The van der Waals surface area contributed by atoms with Crippen LogP contribution in [-0.2, 0) is 14.9 Å². The van der Waals surface area contributed by atoms with E-state index in [1.807, 2.05) is 0 Å². The summed E-state index contributed by atoms with van der Waals surface area (Å²) in [5, 5.41) is 19.6. The maximum absolute atomic E-state index is 13.0. The van der Waals surface area contributed by atoms with Crippen LogP contribution in [0.3, 0.4) is 0 Å². The zero-order chi connectivity index (χ0) is 21.6. The standard InChI is InChI=1S/C19H12Cl4O5S/c20-11-4-1-3-10(7-11)19(29(26,27)28,12-5-2-6-14(21)18(12)23)13-8-16(24)17(25)9-15(13)22/h1-9,24-25H,(H,26,27,28). The van der Waals surface area contributed by atoms with Crippen LogP contribution >= 0.6 is 46.4 Å². The number of phenolic OH excluding ortho intramolecular Hbond substituents is 2. The molecule has 10 heteroatoms. The number of hydrogen-bond acceptors (Lipinski definition) is 4. The molecule has 5 nitrogen and oxygen atoms in total. The summed E-state index contributed by atoms with van der Waals surface area (Å²) < 4.78 is 34.1. The molecule has 152 valence electrons. The Kier molecular flexibility index (Phi) is 5.98. The van der Waals surface area contributed by atoms with Crippen molar-refractivity contribution in [2.75, 3.05) is 0 Å². The van der Waals surface area contributed by atoms with Gasteiger partial charge in [-0.1, -0.05) is 70.7 Å². The van der Waals surface area contributed by atoms with Gasteiger partial charge < -0.3 is 10.2 Å². The summed E-state index contributed by atoms with van der Waals surface area (Å²) in [5.74, 6) is -1.23. The molecule has 3 aromatic carbocycles. The van der Waals surface area contributed by atoms with E-state index in [0.29, 0.717) is 0 Å². The van der Waals surface area contributed by atoms with E-state index in [0.717, 1.165) is 12.1 Å². The molecule has 1 atom stereocenters. The van der Waals surface area contributed by atoms with E-state index in [9.17, 15) is 23.2 Å². The fraction of sp³-hybridized carbons (Fsp3) is 0.0526. The molecule has 0 bridgehead atoms. The molecule has 3 rings (SSSR count). The first-order valence-electron chi connectivity index (χ1n) is 7.89. The minimum absolute atomic E-state index is 0.0105. The van der Waals surface area contributed by atoms with E-state index in [1.54, 1.807) is 0 Å². The number of halogens is 4. The molecule has 0 saturated carbocycles. The van der Waals surface area contributed by atoms with E-state index in [-0.39, 0.29) is 36.8 Å². The highest BCUT2D eigenvalue weighted by Crippen LogP contribution is 2.51. The summed E-state index contributed by atoms with van der Waals surface area (Å²) in [4.78, 5) is 0. The SMILES string of the molecule is O=S(=O)(O)C(c1cccc(Cl)c1)(c1cc(O)c(O)cc1Cl)c1cccc(Cl)c1Cl. The molecule has 0 amide bonds. The van der Waals surface area contributed by atoms with Crippen molar-refractivity contribution in [3.8, 4) is 11.5 Å². The lowest BCUT2D eigenvalue weighted by atomic mass is 9.83. The molecule has 0 aliphatic heterocycles. The zero-order valence-corrected chi connectivity index (χ0v) is 18.1. The molecule has 3 aromatic rings. The Morgan fingerprint density at radius 1 is 0.759 bits per heavy atom. The molecule has 0 aliphatic carbocycles. The largest absolute Gasteiger partial charge is 0.504 e. The van der Waals surface area contributed by atoms with Crippen LogP contribution in [0.1, 0.15) is 16.7 Å². The Balaban J connectivity index is 2.63. The first kappa shape index (κ1) is 22.0. The number of rotatable bonds is 4. The van der Waals surface area contributed by atoms with Crippen molar-refractivity contribution in [1.29, 1.82) is 0 Å². The van der Waals surface area contributed by atoms with Gasteiger partial charge in [-0.05, 0) is 29.8 Å². The highest BCUT2D eigenvalue weighted by molar-refractivity contribution is 7.87. The average molecular weight is 494 g/mol. The van der Waals surface area contributed by atoms with E-state index >= 15 is 0 Å². The van der Waals surface area contributed by atoms with Gasteiger partial charge in [0.2, 0.25) is 0 Å². The zero-order valence-electron chi connectivity index (χ0n) is 14.3. The van der Waals surface area contributed by atoms with Gasteiger partial charge in [-0.15, -0.1) is 0 Å². The number of hydrogen-bond donors (Lipinski definition) is 3. The van der Waals surface area contributed by atoms with Crippen molar-refractivity contribution in [1.82, 2.24) is 0 Å². The highest BCUT2D eigenvalue weighted by atomic mass is 35.5. The monoisotopic (exact) mass is 492 g/mol. The fourth-order valence-corrected chi connectivity index (χ4v) is 5.55. The molecular formula is C19H12Cl4O5S. The van der Waals surface area contributed by atoms with Crippen LogP contribution in [0.25, 0.3) is 0 Å². The lowest BCUT2D eigenvalue weighted by molar-refractivity contribution is 0.402. The van der Waals surface area contributed by atoms with Crippen LogP contribution in [0.4, 0.5) is 0 Å². The molecule has 1 unspecified atom stereocenters. The van der Waals surface area contributed by atoms with Gasteiger partial charge in [0, 0.05) is 22.2 Å². The number of phenols is 2. The number of benzene rings is 3. The molecule has 3 N–H and O–H groups in total. The van der Waals surface area contributed by atoms with Gasteiger partial charge >= 0.3 is 0 Å². The predicted octanol–water partition coefficient (Wildman–Crippen LogP) is 5.89. The Bertz CT molecular complexity index is 1210. The maximum atomic E-state index is 13.0. The summed E-state index contributed by atoms with van der Waals surface area (Å²) in [7, 11) is -5.07. The van der Waals surface area contributed by atoms with Crippen LogP contribution < -0.4 is 0 Å². The van der Waals surface area contributed by atoms with E-state index < -0.39 is 26.4 Å². The number of aromatic hydroxyl groups is 2. The molecule has 0 radical (unpaired) electrons. The second-order valence-corrected chi connectivity index (χ2v) is 9.28. The first-order chi connectivity index (χ1) is 13.5. The van der Waals surface area contributed by atoms with Crippen LogP contribution in [0.5, 0.6) is 11.5 Å². The topological polar surface area (TPSA) is 94.8 Å². The van der Waals surface area contributed by atoms with Crippen molar-refractivity contribution in [2.45, 2.75) is 4.75 Å². The van der Waals surface area contributed by atoms with Gasteiger partial charge in [-0.3, -0.25) is 4.55 Å². The van der Waals surface area contributed by atoms with Crippen molar-refractivity contribution in [2.24, 2.45) is 0 Å². The van der Waals surface area contributed by atoms with Gasteiger partial charge in [0.15, 0.2) is 16.2 Å². The van der Waals surface area contributed by atoms with Gasteiger partial charge in [0.25, 0.3) is 10.1 Å². The van der Waals surface area contributed by atoms with Crippen molar-refractivity contribution in [3.05, 3.63) is 91.4 Å². The maximum Gasteiger partial charge on any atom is 0.283 e. The molecule has 0 spiro atoms. The molecular weight excluding hydrogens is 482 g/mol. The van der Waals surface area contributed by atoms with Gasteiger partial charge in [-0.2, -0.15) is 8.42 Å². The average Bonchev–Trinajstić information content (AvgIpc) is 2.62. The fourth-order valence-electron chi connectivity index (χ4n) is 3.19. The van der Waals surface area contributed by atoms with Crippen molar-refractivity contribution >= 4 is 56.5 Å². The Morgan fingerprint density at radius 2 is 1.38 bits per heavy atom. The molecule has 0 heterocycles. The van der Waals surface area contributed by atoms with Crippen LogP contribution in [0.2, 0.25) is 20.1 Å². The summed E-state index contributed by atoms with van der Waals surface area (Å²) in [6.07, 6.45) is 0. The summed E-state index contributed by atoms with van der Waals surface area (Å²) in [5.41, 5.74) is -0.393. The second kappa shape index (κ2) is 7.87. The van der Waals surface area contributed by atoms with E-state index in [1.165, 1.54) is 42.5 Å². The normalized spacial score (nSPS) is 13.8. The third kappa shape index (κ3) is 3.65. The lowest BCUT2D eigenvalue weighted by Gasteiger charge is -2.34. The summed E-state index contributed by atoms with van der Waals surface area (Å²) >= 11 is 24.8. The van der Waals surface area contributed by atoms with Crippen molar-refractivity contribution < 1.29 is 23.2 Å². The van der Waals surface area contributed by atoms with E-state index in [4.69, 9.17) is 46.4 Å². The van der Waals surface area contributed by atoms with Crippen LogP contribution in [0, 0.1) is 0 Å². The van der Waals surface area contributed by atoms with Crippen molar-refractivity contribution in [3.63, 3.8) is 0 Å². The molecule has 0 fully saturated rings. The molecule has 29 heavy (non-hydrogen) atoms. The lowest BCUT2D eigenvalue weighted by Crippen LogP contribution is -2.39. The van der Waals surface area contributed by atoms with Gasteiger partial charge in [0.05, 0.1) is 15.1 Å². The highest BCUT2D eigenvalue weighted by Gasteiger charge is 2.51. The summed E-state index contributed by atoms with van der Waals surface area (Å²) in [6.45, 7) is 0. The first-order valence-corrected chi connectivity index (χ1v) is 10.8. The minimum Gasteiger partial charge on any atom is -0.504 e. The summed E-state index contributed by atoms with van der Waals surface area (Å²) in [6, 6.07) is 11.8. The third-order valence-electron chi connectivity index (χ3n) is 4.39. The smallest absolute Gasteiger partial charge is 0.283 e. The Morgan fingerprint density at radius 3 is 2.00 bits per heavy atom. The van der Waals surface area contributed by atoms with Crippen LogP contribution in [0.15, 0.2) is 54.6 Å². The van der Waals surface area contributed by atoms with E-state index in [2.05, 4.69) is 0 Å². The second-order valence-electron chi connectivity index (χ2n) is 6.09. The minimum atomic E-state index is -5.07. The Hall–Kier alpha value is -1.67. The van der Waals surface area contributed by atoms with Crippen LogP contribution in [-0.4, -0.2) is 23.2 Å². The predicted molar refractivity (Wildman–Crippen MR) is 114 cm³/mol. The Labute approximate surface area is 186 Å². The van der Waals surface area contributed by atoms with Gasteiger partial charge in [0.1, 0.15) is 0 Å². The molecule has 0 aliphatic rings.